The number of piperidine rings is 1. The van der Waals surface area contributed by atoms with E-state index in [0.717, 1.165) is 18.2 Å². The van der Waals surface area contributed by atoms with Crippen LogP contribution in [0.4, 0.5) is 14.5 Å². The van der Waals surface area contributed by atoms with E-state index in [9.17, 15) is 13.6 Å². The fourth-order valence-corrected chi connectivity index (χ4v) is 2.23. The van der Waals surface area contributed by atoms with E-state index < -0.39 is 17.2 Å². The number of rotatable bonds is 3. The maximum atomic E-state index is 13.1. The monoisotopic (exact) mass is 306 g/mol. The van der Waals surface area contributed by atoms with Gasteiger partial charge in [0.05, 0.1) is 0 Å². The predicted octanol–water partition coefficient (Wildman–Crippen LogP) is 2.09. The Balaban J connectivity index is 0.00000200. The molecule has 1 aliphatic heterocycles. The van der Waals surface area contributed by atoms with Crippen LogP contribution in [-0.2, 0) is 9.53 Å². The number of ether oxygens (including phenoxy) is 1. The van der Waals surface area contributed by atoms with E-state index >= 15 is 0 Å². The highest BCUT2D eigenvalue weighted by Crippen LogP contribution is 2.25. The average Bonchev–Trinajstić information content (AvgIpc) is 2.38. The minimum atomic E-state index is -0.936. The molecule has 0 aliphatic carbocycles. The zero-order valence-electron chi connectivity index (χ0n) is 11.0. The Bertz CT molecular complexity index is 459. The van der Waals surface area contributed by atoms with Gasteiger partial charge in [-0.15, -0.1) is 12.4 Å². The molecule has 1 aromatic carbocycles. The third-order valence-corrected chi connectivity index (χ3v) is 3.34. The minimum Gasteiger partial charge on any atom is -0.368 e. The Morgan fingerprint density at radius 1 is 1.25 bits per heavy atom. The Hall–Kier alpha value is -1.24. The van der Waals surface area contributed by atoms with Crippen LogP contribution in [0.2, 0.25) is 0 Å². The number of amides is 1. The summed E-state index contributed by atoms with van der Waals surface area (Å²) in [7, 11) is 1.47. The van der Waals surface area contributed by atoms with Crippen molar-refractivity contribution in [2.75, 3.05) is 25.5 Å². The number of carbonyl (C=O) groups excluding carboxylic acids is 1. The highest BCUT2D eigenvalue weighted by molar-refractivity contribution is 5.97. The lowest BCUT2D eigenvalue weighted by Gasteiger charge is -2.34. The minimum absolute atomic E-state index is 0. The molecule has 0 saturated carbocycles. The Morgan fingerprint density at radius 2 is 1.80 bits per heavy atom. The maximum Gasteiger partial charge on any atom is 0.256 e. The molecular weight excluding hydrogens is 290 g/mol. The quantitative estimate of drug-likeness (QED) is 0.899. The zero-order chi connectivity index (χ0) is 13.9. The molecule has 2 N–H and O–H groups in total. The molecule has 1 aliphatic rings. The third kappa shape index (κ3) is 3.65. The highest BCUT2D eigenvalue weighted by atomic mass is 35.5. The topological polar surface area (TPSA) is 50.4 Å². The number of hydrogen-bond donors (Lipinski definition) is 2. The number of hydrogen-bond acceptors (Lipinski definition) is 3. The SMILES string of the molecule is COC1(C(=O)Nc2cc(F)cc(F)c2)CCNCC1.Cl. The Labute approximate surface area is 122 Å². The van der Waals surface area contributed by atoms with E-state index in [1.54, 1.807) is 0 Å². The summed E-state index contributed by atoms with van der Waals surface area (Å²) in [5.41, 5.74) is -0.842. The van der Waals surface area contributed by atoms with Crippen LogP contribution in [0.3, 0.4) is 0 Å². The van der Waals surface area contributed by atoms with Crippen LogP contribution in [0.15, 0.2) is 18.2 Å². The van der Waals surface area contributed by atoms with Gasteiger partial charge in [-0.25, -0.2) is 8.78 Å². The normalized spacial score (nSPS) is 17.1. The van der Waals surface area contributed by atoms with E-state index in [-0.39, 0.29) is 24.0 Å². The molecule has 112 valence electrons. The molecule has 1 heterocycles. The fourth-order valence-electron chi connectivity index (χ4n) is 2.23. The van der Waals surface area contributed by atoms with Gasteiger partial charge in [0, 0.05) is 18.9 Å². The molecule has 20 heavy (non-hydrogen) atoms. The number of benzene rings is 1. The first-order valence-corrected chi connectivity index (χ1v) is 6.09. The van der Waals surface area contributed by atoms with Crippen LogP contribution in [0, 0.1) is 11.6 Å². The van der Waals surface area contributed by atoms with Crippen molar-refractivity contribution in [3.63, 3.8) is 0 Å². The smallest absolute Gasteiger partial charge is 0.256 e. The molecule has 0 atom stereocenters. The van der Waals surface area contributed by atoms with Gasteiger partial charge in [-0.3, -0.25) is 4.79 Å². The van der Waals surface area contributed by atoms with Crippen molar-refractivity contribution in [1.29, 1.82) is 0 Å². The van der Waals surface area contributed by atoms with Crippen LogP contribution < -0.4 is 10.6 Å². The summed E-state index contributed by atoms with van der Waals surface area (Å²) in [5.74, 6) is -1.83. The molecule has 1 saturated heterocycles. The van der Waals surface area contributed by atoms with Gasteiger partial charge >= 0.3 is 0 Å². The molecule has 1 aromatic rings. The molecule has 0 aromatic heterocycles. The number of halogens is 3. The number of anilines is 1. The standard InChI is InChI=1S/C13H16F2N2O2.ClH/c1-19-13(2-4-16-5-3-13)12(18)17-11-7-9(14)6-10(15)8-11;/h6-8,16H,2-5H2,1H3,(H,17,18);1H. The van der Waals surface area contributed by atoms with Crippen molar-refractivity contribution in [2.45, 2.75) is 18.4 Å². The van der Waals surface area contributed by atoms with Crippen LogP contribution in [-0.4, -0.2) is 31.7 Å². The summed E-state index contributed by atoms with van der Waals surface area (Å²) in [5, 5.41) is 5.64. The Morgan fingerprint density at radius 3 is 2.30 bits per heavy atom. The van der Waals surface area contributed by atoms with E-state index in [0.29, 0.717) is 25.9 Å². The van der Waals surface area contributed by atoms with Gasteiger partial charge < -0.3 is 15.4 Å². The summed E-state index contributed by atoms with van der Waals surface area (Å²) in [4.78, 5) is 12.2. The van der Waals surface area contributed by atoms with Crippen molar-refractivity contribution in [3.05, 3.63) is 29.8 Å². The van der Waals surface area contributed by atoms with Crippen LogP contribution in [0.25, 0.3) is 0 Å². The highest BCUT2D eigenvalue weighted by Gasteiger charge is 2.39. The van der Waals surface area contributed by atoms with Gasteiger partial charge in [0.2, 0.25) is 0 Å². The molecule has 0 radical (unpaired) electrons. The largest absolute Gasteiger partial charge is 0.368 e. The first-order valence-electron chi connectivity index (χ1n) is 6.09. The van der Waals surface area contributed by atoms with Gasteiger partial charge in [0.25, 0.3) is 5.91 Å². The summed E-state index contributed by atoms with van der Waals surface area (Å²) >= 11 is 0. The Kier molecular flexibility index (Phi) is 5.86. The van der Waals surface area contributed by atoms with E-state index in [1.807, 2.05) is 0 Å². The van der Waals surface area contributed by atoms with Crippen LogP contribution >= 0.6 is 12.4 Å². The van der Waals surface area contributed by atoms with E-state index in [2.05, 4.69) is 10.6 Å². The summed E-state index contributed by atoms with van der Waals surface area (Å²) in [6.45, 7) is 1.33. The van der Waals surface area contributed by atoms with E-state index in [4.69, 9.17) is 4.74 Å². The number of methoxy groups -OCH3 is 1. The molecule has 2 rings (SSSR count). The molecular formula is C13H17ClF2N2O2. The van der Waals surface area contributed by atoms with Crippen molar-refractivity contribution in [2.24, 2.45) is 0 Å². The van der Waals surface area contributed by atoms with Crippen molar-refractivity contribution in [1.82, 2.24) is 5.32 Å². The predicted molar refractivity (Wildman–Crippen MR) is 74.1 cm³/mol. The van der Waals surface area contributed by atoms with Gasteiger partial charge in [-0.1, -0.05) is 0 Å². The first-order chi connectivity index (χ1) is 9.05. The molecule has 4 nitrogen and oxygen atoms in total. The average molecular weight is 307 g/mol. The van der Waals surface area contributed by atoms with E-state index in [1.165, 1.54) is 7.11 Å². The lowest BCUT2D eigenvalue weighted by atomic mass is 9.91. The van der Waals surface area contributed by atoms with Crippen molar-refractivity contribution < 1.29 is 18.3 Å². The lowest BCUT2D eigenvalue weighted by Crippen LogP contribution is -2.51. The third-order valence-electron chi connectivity index (χ3n) is 3.34. The summed E-state index contributed by atoms with van der Waals surface area (Å²) in [6.07, 6.45) is 1.04. The molecule has 1 amide bonds. The van der Waals surface area contributed by atoms with Crippen molar-refractivity contribution in [3.8, 4) is 0 Å². The summed E-state index contributed by atoms with van der Waals surface area (Å²) in [6, 6.07) is 2.91. The van der Waals surface area contributed by atoms with Crippen LogP contribution in [0.5, 0.6) is 0 Å². The molecule has 0 spiro atoms. The van der Waals surface area contributed by atoms with Gasteiger partial charge in [-0.05, 0) is 38.1 Å². The lowest BCUT2D eigenvalue weighted by molar-refractivity contribution is -0.140. The van der Waals surface area contributed by atoms with Gasteiger partial charge in [-0.2, -0.15) is 0 Å². The first kappa shape index (κ1) is 16.8. The maximum absolute atomic E-state index is 13.1. The van der Waals surface area contributed by atoms with Crippen LogP contribution in [0.1, 0.15) is 12.8 Å². The van der Waals surface area contributed by atoms with Gasteiger partial charge in [0.15, 0.2) is 0 Å². The second-order valence-corrected chi connectivity index (χ2v) is 4.56. The fraction of sp³-hybridized carbons (Fsp3) is 0.462. The molecule has 0 unspecified atom stereocenters. The molecule has 1 fully saturated rings. The van der Waals surface area contributed by atoms with Gasteiger partial charge in [0.1, 0.15) is 17.2 Å². The van der Waals surface area contributed by atoms with Crippen molar-refractivity contribution >= 4 is 24.0 Å². The second-order valence-electron chi connectivity index (χ2n) is 4.56. The molecule has 0 bridgehead atoms. The number of nitrogens with one attached hydrogen (secondary N) is 2. The second kappa shape index (κ2) is 6.97. The number of carbonyl (C=O) groups is 1. The zero-order valence-corrected chi connectivity index (χ0v) is 11.9. The summed E-state index contributed by atoms with van der Waals surface area (Å²) < 4.78 is 31.5. The molecule has 7 heteroatoms.